The van der Waals surface area contributed by atoms with Crippen molar-refractivity contribution in [2.75, 3.05) is 0 Å². The van der Waals surface area contributed by atoms with E-state index in [-0.39, 0.29) is 0 Å². The molecule has 1 aromatic carbocycles. The van der Waals surface area contributed by atoms with E-state index < -0.39 is 0 Å². The smallest absolute Gasteiger partial charge is 0.166 e. The molecule has 0 saturated heterocycles. The van der Waals surface area contributed by atoms with Crippen LogP contribution in [0.3, 0.4) is 0 Å². The number of hydrogen-bond donors (Lipinski definition) is 0. The van der Waals surface area contributed by atoms with Gasteiger partial charge in [-0.3, -0.25) is 0 Å². The maximum atomic E-state index is 5.78. The summed E-state index contributed by atoms with van der Waals surface area (Å²) in [5.74, 6) is 0.965. The first-order chi connectivity index (χ1) is 7.29. The molecule has 0 amide bonds. The maximum absolute atomic E-state index is 5.78. The van der Waals surface area contributed by atoms with Crippen molar-refractivity contribution in [3.8, 4) is 0 Å². The quantitative estimate of drug-likeness (QED) is 0.775. The third kappa shape index (κ3) is 2.46. The molecule has 0 fully saturated rings. The fourth-order valence-electron chi connectivity index (χ4n) is 1.20. The van der Waals surface area contributed by atoms with E-state index in [0.29, 0.717) is 23.3 Å². The first kappa shape index (κ1) is 10.4. The molecule has 0 radical (unpaired) electrons. The van der Waals surface area contributed by atoms with E-state index in [1.165, 1.54) is 0 Å². The zero-order valence-electron chi connectivity index (χ0n) is 7.77. The van der Waals surface area contributed by atoms with Crippen molar-refractivity contribution in [1.82, 2.24) is 20.2 Å². The molecule has 78 valence electrons. The number of tetrazole rings is 1. The lowest BCUT2D eigenvalue weighted by atomic mass is 10.2. The van der Waals surface area contributed by atoms with Gasteiger partial charge in [-0.15, -0.1) is 16.7 Å². The normalized spacial score (nSPS) is 10.5. The van der Waals surface area contributed by atoms with Crippen LogP contribution in [-0.4, -0.2) is 20.2 Å². The van der Waals surface area contributed by atoms with Crippen molar-refractivity contribution in [2.45, 2.75) is 12.4 Å². The Kier molecular flexibility index (Phi) is 3.18. The van der Waals surface area contributed by atoms with Gasteiger partial charge in [0.2, 0.25) is 0 Å². The minimum Gasteiger partial charge on any atom is -0.224 e. The highest BCUT2D eigenvalue weighted by Crippen LogP contribution is 2.11. The van der Waals surface area contributed by atoms with Crippen molar-refractivity contribution in [3.05, 3.63) is 40.7 Å². The summed E-state index contributed by atoms with van der Waals surface area (Å²) >= 11 is 11.5. The fraction of sp³-hybridized carbons (Fsp3) is 0.222. The van der Waals surface area contributed by atoms with Gasteiger partial charge in [0.1, 0.15) is 0 Å². The Morgan fingerprint density at radius 1 is 1.20 bits per heavy atom. The van der Waals surface area contributed by atoms with Gasteiger partial charge in [0.15, 0.2) is 5.82 Å². The topological polar surface area (TPSA) is 43.6 Å². The summed E-state index contributed by atoms with van der Waals surface area (Å²) in [6, 6.07) is 7.53. The summed E-state index contributed by atoms with van der Waals surface area (Å²) in [5, 5.41) is 11.9. The van der Waals surface area contributed by atoms with E-state index in [9.17, 15) is 0 Å². The Morgan fingerprint density at radius 3 is 2.60 bits per heavy atom. The molecule has 2 aromatic rings. The van der Waals surface area contributed by atoms with Crippen molar-refractivity contribution >= 4 is 23.2 Å². The highest BCUT2D eigenvalue weighted by molar-refractivity contribution is 6.30. The van der Waals surface area contributed by atoms with Gasteiger partial charge in [-0.05, 0) is 28.1 Å². The SMILES string of the molecule is ClCc1nnnn1Cc1ccc(Cl)cc1. The second kappa shape index (κ2) is 4.59. The zero-order valence-corrected chi connectivity index (χ0v) is 9.28. The number of halogens is 2. The number of hydrogen-bond acceptors (Lipinski definition) is 3. The van der Waals surface area contributed by atoms with E-state index >= 15 is 0 Å². The van der Waals surface area contributed by atoms with Crippen molar-refractivity contribution in [1.29, 1.82) is 0 Å². The minimum absolute atomic E-state index is 0.306. The minimum atomic E-state index is 0.306. The van der Waals surface area contributed by atoms with Gasteiger partial charge in [-0.25, -0.2) is 4.68 Å². The van der Waals surface area contributed by atoms with Crippen molar-refractivity contribution in [2.24, 2.45) is 0 Å². The van der Waals surface area contributed by atoms with Crippen molar-refractivity contribution in [3.63, 3.8) is 0 Å². The summed E-state index contributed by atoms with van der Waals surface area (Å²) in [4.78, 5) is 0. The van der Waals surface area contributed by atoms with Crippen LogP contribution in [0.15, 0.2) is 24.3 Å². The van der Waals surface area contributed by atoms with Gasteiger partial charge in [-0.2, -0.15) is 0 Å². The zero-order chi connectivity index (χ0) is 10.7. The third-order valence-corrected chi connectivity index (χ3v) is 2.46. The molecular weight excluding hydrogens is 235 g/mol. The fourth-order valence-corrected chi connectivity index (χ4v) is 1.52. The van der Waals surface area contributed by atoms with Crippen LogP contribution in [0.2, 0.25) is 5.02 Å². The molecule has 2 rings (SSSR count). The first-order valence-corrected chi connectivity index (χ1v) is 5.26. The van der Waals surface area contributed by atoms with Gasteiger partial charge in [0, 0.05) is 5.02 Å². The van der Waals surface area contributed by atoms with Crippen molar-refractivity contribution < 1.29 is 0 Å². The average molecular weight is 243 g/mol. The van der Waals surface area contributed by atoms with Gasteiger partial charge < -0.3 is 0 Å². The van der Waals surface area contributed by atoms with Gasteiger partial charge in [-0.1, -0.05) is 23.7 Å². The van der Waals surface area contributed by atoms with Crippen LogP contribution in [-0.2, 0) is 12.4 Å². The number of aromatic nitrogens is 4. The number of rotatable bonds is 3. The van der Waals surface area contributed by atoms with Crippen LogP contribution in [0.4, 0.5) is 0 Å². The molecule has 1 heterocycles. The molecule has 0 aliphatic carbocycles. The van der Waals surface area contributed by atoms with Gasteiger partial charge in [0.05, 0.1) is 12.4 Å². The van der Waals surface area contributed by atoms with E-state index in [0.717, 1.165) is 5.56 Å². The lowest BCUT2D eigenvalue weighted by Gasteiger charge is -2.02. The monoisotopic (exact) mass is 242 g/mol. The van der Waals surface area contributed by atoms with E-state index in [1.54, 1.807) is 4.68 Å². The standard InChI is InChI=1S/C9H8Cl2N4/c10-5-9-12-13-14-15(9)6-7-1-3-8(11)4-2-7/h1-4H,5-6H2. The Hall–Kier alpha value is -1.13. The molecule has 0 bridgehead atoms. The number of alkyl halides is 1. The molecule has 0 atom stereocenters. The molecule has 0 spiro atoms. The summed E-state index contributed by atoms with van der Waals surface area (Å²) in [5.41, 5.74) is 1.08. The molecule has 15 heavy (non-hydrogen) atoms. The molecule has 0 saturated carbocycles. The molecular formula is C9H8Cl2N4. The van der Waals surface area contributed by atoms with E-state index in [1.807, 2.05) is 24.3 Å². The molecule has 0 unspecified atom stereocenters. The molecule has 1 aromatic heterocycles. The van der Waals surface area contributed by atoms with Gasteiger partial charge >= 0.3 is 0 Å². The van der Waals surface area contributed by atoms with Gasteiger partial charge in [0.25, 0.3) is 0 Å². The largest absolute Gasteiger partial charge is 0.224 e. The molecule has 0 aliphatic rings. The Labute approximate surface area is 96.8 Å². The van der Waals surface area contributed by atoms with Crippen LogP contribution < -0.4 is 0 Å². The first-order valence-electron chi connectivity index (χ1n) is 4.35. The predicted molar refractivity (Wildman–Crippen MR) is 57.9 cm³/mol. The van der Waals surface area contributed by atoms with Crippen LogP contribution in [0.25, 0.3) is 0 Å². The molecule has 4 nitrogen and oxygen atoms in total. The van der Waals surface area contributed by atoms with Crippen LogP contribution >= 0.6 is 23.2 Å². The highest BCUT2D eigenvalue weighted by Gasteiger charge is 2.04. The predicted octanol–water partition coefficient (Wildman–Crippen LogP) is 2.11. The number of benzene rings is 1. The summed E-state index contributed by atoms with van der Waals surface area (Å²) < 4.78 is 1.66. The van der Waals surface area contributed by atoms with E-state index in [4.69, 9.17) is 23.2 Å². The summed E-state index contributed by atoms with van der Waals surface area (Å²) in [6.07, 6.45) is 0. The second-order valence-corrected chi connectivity index (χ2v) is 3.72. The highest BCUT2D eigenvalue weighted by atomic mass is 35.5. The molecule has 0 N–H and O–H groups in total. The van der Waals surface area contributed by atoms with Crippen LogP contribution in [0.5, 0.6) is 0 Å². The van der Waals surface area contributed by atoms with Crippen LogP contribution in [0, 0.1) is 0 Å². The summed E-state index contributed by atoms with van der Waals surface area (Å²) in [7, 11) is 0. The number of nitrogens with zero attached hydrogens (tertiary/aromatic N) is 4. The molecule has 0 aliphatic heterocycles. The van der Waals surface area contributed by atoms with E-state index in [2.05, 4.69) is 15.5 Å². The maximum Gasteiger partial charge on any atom is 0.166 e. The lowest BCUT2D eigenvalue weighted by molar-refractivity contribution is 0.630. The Balaban J connectivity index is 2.18. The lowest BCUT2D eigenvalue weighted by Crippen LogP contribution is -2.05. The summed E-state index contributed by atoms with van der Waals surface area (Å²) in [6.45, 7) is 0.603. The second-order valence-electron chi connectivity index (χ2n) is 3.01. The Bertz CT molecular complexity index is 438. The Morgan fingerprint density at radius 2 is 1.93 bits per heavy atom. The molecule has 6 heteroatoms. The van der Waals surface area contributed by atoms with Crippen LogP contribution in [0.1, 0.15) is 11.4 Å². The average Bonchev–Trinajstić information content (AvgIpc) is 2.69. The third-order valence-electron chi connectivity index (χ3n) is 1.97.